The quantitative estimate of drug-likeness (QED) is 0.503. The molecule has 0 aliphatic heterocycles. The van der Waals surface area contributed by atoms with Crippen molar-refractivity contribution in [1.29, 1.82) is 0 Å². The predicted molar refractivity (Wildman–Crippen MR) is 107 cm³/mol. The lowest BCUT2D eigenvalue weighted by Gasteiger charge is -2.22. The molecule has 0 bridgehead atoms. The fourth-order valence-corrected chi connectivity index (χ4v) is 3.73. The summed E-state index contributed by atoms with van der Waals surface area (Å²) in [7, 11) is 0. The van der Waals surface area contributed by atoms with Crippen LogP contribution in [0.15, 0.2) is 42.7 Å². The SMILES string of the molecule is CCCCCC(c1ccccc1Cl)n1cnc2cc(C(=O)O)cc(C(=O)O)c21. The van der Waals surface area contributed by atoms with Crippen LogP contribution in [0.4, 0.5) is 0 Å². The average Bonchev–Trinajstić information content (AvgIpc) is 3.09. The zero-order chi connectivity index (χ0) is 20.3. The van der Waals surface area contributed by atoms with Crippen LogP contribution in [-0.2, 0) is 0 Å². The van der Waals surface area contributed by atoms with Crippen molar-refractivity contribution >= 4 is 34.6 Å². The third-order valence-corrected chi connectivity index (χ3v) is 5.17. The van der Waals surface area contributed by atoms with Gasteiger partial charge in [0.1, 0.15) is 0 Å². The number of benzene rings is 2. The van der Waals surface area contributed by atoms with Crippen molar-refractivity contribution in [3.63, 3.8) is 0 Å². The first-order valence-corrected chi connectivity index (χ1v) is 9.53. The summed E-state index contributed by atoms with van der Waals surface area (Å²) in [6, 6.07) is 9.87. The summed E-state index contributed by atoms with van der Waals surface area (Å²) in [5, 5.41) is 19.6. The normalized spacial score (nSPS) is 12.2. The van der Waals surface area contributed by atoms with E-state index in [2.05, 4.69) is 11.9 Å². The lowest BCUT2D eigenvalue weighted by molar-refractivity contribution is 0.0696. The molecule has 0 radical (unpaired) electrons. The Bertz CT molecular complexity index is 1030. The second kappa shape index (κ2) is 8.44. The topological polar surface area (TPSA) is 92.4 Å². The van der Waals surface area contributed by atoms with Gasteiger partial charge in [-0.3, -0.25) is 0 Å². The molecule has 0 aliphatic carbocycles. The lowest BCUT2D eigenvalue weighted by Crippen LogP contribution is -2.13. The summed E-state index contributed by atoms with van der Waals surface area (Å²) in [5.41, 5.74) is 1.44. The molecule has 0 aliphatic rings. The lowest BCUT2D eigenvalue weighted by atomic mass is 9.99. The molecule has 1 heterocycles. The molecule has 6 nitrogen and oxygen atoms in total. The number of unbranched alkanes of at least 4 members (excludes halogenated alkanes) is 2. The van der Waals surface area contributed by atoms with E-state index in [1.165, 1.54) is 12.1 Å². The smallest absolute Gasteiger partial charge is 0.337 e. The number of imidazole rings is 1. The Morgan fingerprint density at radius 3 is 2.54 bits per heavy atom. The molecule has 0 amide bonds. The van der Waals surface area contributed by atoms with Gasteiger partial charge >= 0.3 is 11.9 Å². The number of rotatable bonds is 8. The van der Waals surface area contributed by atoms with Gasteiger partial charge in [0.25, 0.3) is 0 Å². The van der Waals surface area contributed by atoms with E-state index in [0.717, 1.165) is 31.2 Å². The Morgan fingerprint density at radius 1 is 1.14 bits per heavy atom. The molecule has 1 aromatic heterocycles. The van der Waals surface area contributed by atoms with E-state index in [1.54, 1.807) is 10.9 Å². The zero-order valence-electron chi connectivity index (χ0n) is 15.4. The number of fused-ring (bicyclic) bond motifs is 1. The number of hydrogen-bond donors (Lipinski definition) is 2. The Labute approximate surface area is 167 Å². The maximum Gasteiger partial charge on any atom is 0.337 e. The Morgan fingerprint density at radius 2 is 1.89 bits per heavy atom. The van der Waals surface area contributed by atoms with Gasteiger partial charge in [0.05, 0.1) is 34.5 Å². The molecule has 1 atom stereocenters. The molecule has 0 saturated carbocycles. The summed E-state index contributed by atoms with van der Waals surface area (Å²) in [5.74, 6) is -2.38. The molecular weight excluding hydrogens is 380 g/mol. The molecule has 7 heteroatoms. The highest BCUT2D eigenvalue weighted by molar-refractivity contribution is 6.31. The highest BCUT2D eigenvalue weighted by atomic mass is 35.5. The minimum Gasteiger partial charge on any atom is -0.478 e. The van der Waals surface area contributed by atoms with Crippen molar-refractivity contribution in [3.8, 4) is 0 Å². The van der Waals surface area contributed by atoms with Gasteiger partial charge in [-0.15, -0.1) is 0 Å². The number of aromatic carboxylic acids is 2. The summed E-state index contributed by atoms with van der Waals surface area (Å²) >= 11 is 6.44. The van der Waals surface area contributed by atoms with Crippen LogP contribution in [-0.4, -0.2) is 31.7 Å². The van der Waals surface area contributed by atoms with Crippen molar-refractivity contribution in [2.75, 3.05) is 0 Å². The second-order valence-electron chi connectivity index (χ2n) is 6.69. The fourth-order valence-electron chi connectivity index (χ4n) is 3.47. The van der Waals surface area contributed by atoms with Gasteiger partial charge < -0.3 is 14.8 Å². The first kappa shape index (κ1) is 19.9. The number of carboxylic acids is 2. The van der Waals surface area contributed by atoms with Gasteiger partial charge in [0, 0.05) is 5.02 Å². The summed E-state index contributed by atoms with van der Waals surface area (Å²) < 4.78 is 1.81. The Balaban J connectivity index is 2.21. The van der Waals surface area contributed by atoms with Crippen LogP contribution in [0.25, 0.3) is 11.0 Å². The molecule has 146 valence electrons. The van der Waals surface area contributed by atoms with Gasteiger partial charge in [-0.1, -0.05) is 56.0 Å². The van der Waals surface area contributed by atoms with E-state index in [4.69, 9.17) is 11.6 Å². The van der Waals surface area contributed by atoms with E-state index in [-0.39, 0.29) is 17.2 Å². The van der Waals surface area contributed by atoms with Crippen LogP contribution >= 0.6 is 11.6 Å². The van der Waals surface area contributed by atoms with Gasteiger partial charge in [0.2, 0.25) is 0 Å². The molecular formula is C21H21ClN2O4. The van der Waals surface area contributed by atoms with Gasteiger partial charge in [-0.05, 0) is 30.2 Å². The molecule has 0 spiro atoms. The monoisotopic (exact) mass is 400 g/mol. The number of nitrogens with zero attached hydrogens (tertiary/aromatic N) is 2. The maximum atomic E-state index is 11.9. The highest BCUT2D eigenvalue weighted by Gasteiger charge is 2.23. The first-order chi connectivity index (χ1) is 13.4. The van der Waals surface area contributed by atoms with Crippen molar-refractivity contribution in [1.82, 2.24) is 9.55 Å². The van der Waals surface area contributed by atoms with Crippen LogP contribution in [0.2, 0.25) is 5.02 Å². The van der Waals surface area contributed by atoms with Crippen LogP contribution in [0.5, 0.6) is 0 Å². The standard InChI is InChI=1S/C21H21ClN2O4/c1-2-3-4-9-18(14-7-5-6-8-16(14)22)24-12-23-17-11-13(20(25)26)10-15(19(17)24)21(27)28/h5-8,10-12,18H,2-4,9H2,1H3,(H,25,26)(H,27,28). The maximum absolute atomic E-state index is 11.9. The fraction of sp³-hybridized carbons (Fsp3) is 0.286. The third kappa shape index (κ3) is 3.87. The number of aromatic nitrogens is 2. The van der Waals surface area contributed by atoms with Crippen molar-refractivity contribution in [2.45, 2.75) is 38.6 Å². The van der Waals surface area contributed by atoms with Gasteiger partial charge in [-0.25, -0.2) is 14.6 Å². The van der Waals surface area contributed by atoms with E-state index >= 15 is 0 Å². The van der Waals surface area contributed by atoms with Crippen LogP contribution < -0.4 is 0 Å². The molecule has 0 fully saturated rings. The predicted octanol–water partition coefficient (Wildman–Crippen LogP) is 5.26. The number of halogens is 1. The second-order valence-corrected chi connectivity index (χ2v) is 7.09. The highest BCUT2D eigenvalue weighted by Crippen LogP contribution is 2.34. The van der Waals surface area contributed by atoms with Crippen molar-refractivity contribution in [3.05, 3.63) is 64.4 Å². The molecule has 2 N–H and O–H groups in total. The molecule has 28 heavy (non-hydrogen) atoms. The average molecular weight is 401 g/mol. The van der Waals surface area contributed by atoms with Gasteiger partial charge in [0.15, 0.2) is 0 Å². The first-order valence-electron chi connectivity index (χ1n) is 9.15. The summed E-state index contributed by atoms with van der Waals surface area (Å²) in [6.45, 7) is 2.12. The van der Waals surface area contributed by atoms with E-state index in [0.29, 0.717) is 16.1 Å². The Kier molecular flexibility index (Phi) is 5.99. The molecule has 3 rings (SSSR count). The zero-order valence-corrected chi connectivity index (χ0v) is 16.2. The third-order valence-electron chi connectivity index (χ3n) is 4.83. The van der Waals surface area contributed by atoms with Crippen LogP contribution in [0.1, 0.15) is 64.9 Å². The van der Waals surface area contributed by atoms with E-state index < -0.39 is 11.9 Å². The van der Waals surface area contributed by atoms with Crippen LogP contribution in [0.3, 0.4) is 0 Å². The number of carboxylic acid groups (broad SMARTS) is 2. The van der Waals surface area contributed by atoms with Gasteiger partial charge in [-0.2, -0.15) is 0 Å². The van der Waals surface area contributed by atoms with E-state index in [1.807, 2.05) is 24.3 Å². The summed E-state index contributed by atoms with van der Waals surface area (Å²) in [4.78, 5) is 27.5. The minimum absolute atomic E-state index is 0.0834. The minimum atomic E-state index is -1.19. The van der Waals surface area contributed by atoms with Crippen molar-refractivity contribution < 1.29 is 19.8 Å². The van der Waals surface area contributed by atoms with Crippen molar-refractivity contribution in [2.24, 2.45) is 0 Å². The van der Waals surface area contributed by atoms with Crippen LogP contribution in [0, 0.1) is 0 Å². The largest absolute Gasteiger partial charge is 0.478 e. The molecule has 2 aromatic carbocycles. The molecule has 1 unspecified atom stereocenters. The number of hydrogen-bond acceptors (Lipinski definition) is 3. The molecule has 0 saturated heterocycles. The molecule has 3 aromatic rings. The number of carbonyl (C=O) groups is 2. The summed E-state index contributed by atoms with van der Waals surface area (Å²) in [6.07, 6.45) is 5.39. The van der Waals surface area contributed by atoms with E-state index in [9.17, 15) is 19.8 Å². The Hall–Kier alpha value is -2.86.